The summed E-state index contributed by atoms with van der Waals surface area (Å²) in [6, 6.07) is 16.7. The van der Waals surface area contributed by atoms with Gasteiger partial charge >= 0.3 is 0 Å². The molecule has 2 heterocycles. The molecule has 6 heteroatoms. The standard InChI is InChI=1S/C23H20ClF2N3/c1-3-15-8-10-16(11-9-15)20-12-18(22(25)26)21-14(2)28-29(23(21)27-20)13-17-6-4-5-7-19(17)24/h4-12,22H,3,13H2,1-2H3. The number of fused-ring (bicyclic) bond motifs is 1. The minimum Gasteiger partial charge on any atom is -0.242 e. The molecule has 4 rings (SSSR count). The van der Waals surface area contributed by atoms with E-state index in [4.69, 9.17) is 16.6 Å². The van der Waals surface area contributed by atoms with Crippen LogP contribution in [0.2, 0.25) is 5.02 Å². The SMILES string of the molecule is CCc1ccc(-c2cc(C(F)F)c3c(C)nn(Cc4ccccc4Cl)c3n2)cc1. The summed E-state index contributed by atoms with van der Waals surface area (Å²) in [4.78, 5) is 4.71. The lowest BCUT2D eigenvalue weighted by molar-refractivity contribution is 0.153. The van der Waals surface area contributed by atoms with Crippen LogP contribution in [0, 0.1) is 6.92 Å². The van der Waals surface area contributed by atoms with Crippen LogP contribution in [0.15, 0.2) is 54.6 Å². The highest BCUT2D eigenvalue weighted by Gasteiger charge is 2.21. The van der Waals surface area contributed by atoms with Crippen molar-refractivity contribution in [3.63, 3.8) is 0 Å². The number of alkyl halides is 2. The first-order valence-electron chi connectivity index (χ1n) is 9.47. The number of pyridine rings is 1. The number of nitrogens with zero attached hydrogens (tertiary/aromatic N) is 3. The van der Waals surface area contributed by atoms with E-state index in [1.807, 2.05) is 42.5 Å². The van der Waals surface area contributed by atoms with Crippen molar-refractivity contribution in [2.75, 3.05) is 0 Å². The van der Waals surface area contributed by atoms with Gasteiger partial charge in [-0.05, 0) is 36.6 Å². The molecule has 0 unspecified atom stereocenters. The number of hydrogen-bond donors (Lipinski definition) is 0. The molecule has 0 N–H and O–H groups in total. The molecular weight excluding hydrogens is 392 g/mol. The third-order valence-electron chi connectivity index (χ3n) is 5.08. The highest BCUT2D eigenvalue weighted by Crippen LogP contribution is 2.33. The zero-order valence-corrected chi connectivity index (χ0v) is 16.9. The van der Waals surface area contributed by atoms with Gasteiger partial charge in [0.05, 0.1) is 23.3 Å². The predicted octanol–water partition coefficient (Wildman–Crippen LogP) is 6.61. The third kappa shape index (κ3) is 3.75. The van der Waals surface area contributed by atoms with Crippen LogP contribution < -0.4 is 0 Å². The highest BCUT2D eigenvalue weighted by molar-refractivity contribution is 6.31. The third-order valence-corrected chi connectivity index (χ3v) is 5.45. The van der Waals surface area contributed by atoms with Crippen LogP contribution in [-0.2, 0) is 13.0 Å². The molecule has 0 saturated carbocycles. The second-order valence-electron chi connectivity index (χ2n) is 6.98. The van der Waals surface area contributed by atoms with Crippen LogP contribution in [0.1, 0.15) is 35.7 Å². The summed E-state index contributed by atoms with van der Waals surface area (Å²) in [7, 11) is 0. The first-order valence-corrected chi connectivity index (χ1v) is 9.84. The minimum atomic E-state index is -2.62. The lowest BCUT2D eigenvalue weighted by Crippen LogP contribution is -2.04. The summed E-state index contributed by atoms with van der Waals surface area (Å²) in [6.45, 7) is 4.16. The van der Waals surface area contributed by atoms with Crippen molar-refractivity contribution in [1.82, 2.24) is 14.8 Å². The molecule has 0 aliphatic carbocycles. The van der Waals surface area contributed by atoms with Gasteiger partial charge in [-0.2, -0.15) is 5.10 Å². The van der Waals surface area contributed by atoms with E-state index in [2.05, 4.69) is 12.0 Å². The summed E-state index contributed by atoms with van der Waals surface area (Å²) < 4.78 is 29.5. The fourth-order valence-electron chi connectivity index (χ4n) is 3.52. The van der Waals surface area contributed by atoms with Gasteiger partial charge in [0.1, 0.15) is 0 Å². The molecule has 0 fully saturated rings. The molecule has 148 valence electrons. The molecule has 4 aromatic rings. The second-order valence-corrected chi connectivity index (χ2v) is 7.39. The maximum Gasteiger partial charge on any atom is 0.264 e. The van der Waals surface area contributed by atoms with Gasteiger partial charge in [-0.25, -0.2) is 18.4 Å². The molecule has 0 saturated heterocycles. The van der Waals surface area contributed by atoms with Gasteiger partial charge < -0.3 is 0 Å². The van der Waals surface area contributed by atoms with E-state index in [9.17, 15) is 8.78 Å². The smallest absolute Gasteiger partial charge is 0.242 e. The Morgan fingerprint density at radius 1 is 1.07 bits per heavy atom. The van der Waals surface area contributed by atoms with Crippen molar-refractivity contribution >= 4 is 22.6 Å². The maximum absolute atomic E-state index is 13.9. The van der Waals surface area contributed by atoms with Crippen molar-refractivity contribution in [2.24, 2.45) is 0 Å². The van der Waals surface area contributed by atoms with E-state index in [0.29, 0.717) is 34.0 Å². The number of benzene rings is 2. The minimum absolute atomic E-state index is 0.0486. The van der Waals surface area contributed by atoms with Crippen LogP contribution in [0.4, 0.5) is 8.78 Å². The Morgan fingerprint density at radius 2 is 1.79 bits per heavy atom. The molecule has 0 atom stereocenters. The fraction of sp³-hybridized carbons (Fsp3) is 0.217. The van der Waals surface area contributed by atoms with E-state index in [0.717, 1.165) is 17.5 Å². The van der Waals surface area contributed by atoms with E-state index in [1.165, 1.54) is 11.6 Å². The van der Waals surface area contributed by atoms with Gasteiger partial charge in [-0.1, -0.05) is 61.0 Å². The molecule has 0 radical (unpaired) electrons. The zero-order chi connectivity index (χ0) is 20.5. The quantitative estimate of drug-likeness (QED) is 0.370. The summed E-state index contributed by atoms with van der Waals surface area (Å²) >= 11 is 6.29. The summed E-state index contributed by atoms with van der Waals surface area (Å²) in [5, 5.41) is 5.50. The van der Waals surface area contributed by atoms with Crippen molar-refractivity contribution in [2.45, 2.75) is 33.2 Å². The Hall–Kier alpha value is -2.79. The number of hydrogen-bond acceptors (Lipinski definition) is 2. The molecule has 29 heavy (non-hydrogen) atoms. The molecule has 3 nitrogen and oxygen atoms in total. The van der Waals surface area contributed by atoms with E-state index < -0.39 is 6.43 Å². The zero-order valence-electron chi connectivity index (χ0n) is 16.2. The number of halogens is 3. The van der Waals surface area contributed by atoms with Crippen LogP contribution >= 0.6 is 11.6 Å². The summed E-state index contributed by atoms with van der Waals surface area (Å²) in [5.41, 5.74) is 4.27. The fourth-order valence-corrected chi connectivity index (χ4v) is 3.71. The van der Waals surface area contributed by atoms with Gasteiger partial charge in [-0.15, -0.1) is 0 Å². The van der Waals surface area contributed by atoms with Crippen LogP contribution in [0.5, 0.6) is 0 Å². The Balaban J connectivity index is 1.89. The van der Waals surface area contributed by atoms with Crippen molar-refractivity contribution in [3.8, 4) is 11.3 Å². The molecule has 2 aromatic carbocycles. The van der Waals surface area contributed by atoms with Crippen LogP contribution in [0.25, 0.3) is 22.3 Å². The largest absolute Gasteiger partial charge is 0.264 e. The Kier molecular flexibility index (Phi) is 5.33. The molecule has 0 aliphatic rings. The van der Waals surface area contributed by atoms with Crippen molar-refractivity contribution in [1.29, 1.82) is 0 Å². The highest BCUT2D eigenvalue weighted by atomic mass is 35.5. The normalized spacial score (nSPS) is 11.5. The monoisotopic (exact) mass is 411 g/mol. The maximum atomic E-state index is 13.9. The molecule has 0 spiro atoms. The second kappa shape index (κ2) is 7.91. The molecule has 0 aliphatic heterocycles. The first kappa shape index (κ1) is 19.5. The average molecular weight is 412 g/mol. The Labute approximate surface area is 173 Å². The topological polar surface area (TPSA) is 30.7 Å². The van der Waals surface area contributed by atoms with E-state index in [1.54, 1.807) is 17.7 Å². The van der Waals surface area contributed by atoms with Gasteiger partial charge in [0.25, 0.3) is 6.43 Å². The molecule has 0 amide bonds. The Morgan fingerprint density at radius 3 is 2.45 bits per heavy atom. The van der Waals surface area contributed by atoms with Gasteiger partial charge in [0.15, 0.2) is 5.65 Å². The average Bonchev–Trinajstić information content (AvgIpc) is 3.04. The lowest BCUT2D eigenvalue weighted by atomic mass is 10.0. The van der Waals surface area contributed by atoms with E-state index >= 15 is 0 Å². The molecule has 2 aromatic heterocycles. The summed E-state index contributed by atoms with van der Waals surface area (Å²) in [6.07, 6.45) is -1.70. The predicted molar refractivity (Wildman–Crippen MR) is 113 cm³/mol. The molecular formula is C23H20ClF2N3. The number of aryl methyl sites for hydroxylation is 2. The van der Waals surface area contributed by atoms with E-state index in [-0.39, 0.29) is 5.56 Å². The number of aromatic nitrogens is 3. The first-order chi connectivity index (χ1) is 14.0. The van der Waals surface area contributed by atoms with Crippen LogP contribution in [-0.4, -0.2) is 14.8 Å². The Bertz CT molecular complexity index is 1170. The van der Waals surface area contributed by atoms with Crippen LogP contribution in [0.3, 0.4) is 0 Å². The van der Waals surface area contributed by atoms with Gasteiger partial charge in [-0.3, -0.25) is 0 Å². The van der Waals surface area contributed by atoms with Gasteiger partial charge in [0, 0.05) is 16.1 Å². The van der Waals surface area contributed by atoms with Crippen molar-refractivity contribution in [3.05, 3.63) is 82.0 Å². The summed E-state index contributed by atoms with van der Waals surface area (Å²) in [5.74, 6) is 0. The van der Waals surface area contributed by atoms with Gasteiger partial charge in [0.2, 0.25) is 0 Å². The molecule has 0 bridgehead atoms. The van der Waals surface area contributed by atoms with Crippen molar-refractivity contribution < 1.29 is 8.78 Å². The number of rotatable bonds is 5. The lowest BCUT2D eigenvalue weighted by Gasteiger charge is -2.10.